The second-order valence-corrected chi connectivity index (χ2v) is 18.1. The first-order valence-electron chi connectivity index (χ1n) is 10.8. The van der Waals surface area contributed by atoms with Crippen LogP contribution in [0.15, 0.2) is 0 Å². The van der Waals surface area contributed by atoms with Gasteiger partial charge in [0.2, 0.25) is 0 Å². The highest BCUT2D eigenvalue weighted by Gasteiger charge is 3.02. The van der Waals surface area contributed by atoms with Gasteiger partial charge in [-0.1, -0.05) is 0 Å². The normalized spacial score (nSPS) is 17.4. The third-order valence-electron chi connectivity index (χ3n) is 6.23. The average Bonchev–Trinajstić information content (AvgIpc) is 2.89. The summed E-state index contributed by atoms with van der Waals surface area (Å²) in [4.78, 5) is 0. The molecule has 0 fully saturated rings. The predicted molar refractivity (Wildman–Crippen MR) is 104 cm³/mol. The van der Waals surface area contributed by atoms with Gasteiger partial charge in [-0.15, -0.1) is 33.2 Å². The highest BCUT2D eigenvalue weighted by molar-refractivity contribution is 7.65. The minimum absolute atomic E-state index is 4.12. The van der Waals surface area contributed by atoms with Crippen molar-refractivity contribution >= 4 is 39.2 Å². The molecular weight excluding hydrogens is 954 g/mol. The van der Waals surface area contributed by atoms with E-state index >= 15 is 0 Å². The van der Waals surface area contributed by atoms with E-state index in [1.165, 1.54) is 0 Å². The Hall–Kier alpha value is -1.22. The van der Waals surface area contributed by atoms with Gasteiger partial charge in [0.05, 0.1) is 0 Å². The molecule has 0 saturated heterocycles. The van der Waals surface area contributed by atoms with E-state index in [9.17, 15) is 145 Å². The fraction of sp³-hybridized carbons (Fsp3) is 1.00. The molecule has 0 nitrogen and oxygen atoms in total. The molecule has 0 atom stereocenters. The molecule has 0 saturated carbocycles. The molecule has 0 aliphatic carbocycles. The van der Waals surface area contributed by atoms with Gasteiger partial charge >= 0.3 is 101 Å². The SMILES string of the molecule is FC(F)(F)C(F)(F)C(F)(F)C(F)(F)C(F)(F)C(F)(F)C(F)(F)C(F)(F)C(F)(F)C(F)(F)C(F)(F)C(F)(F)C(F)(F)C(F)(F)C(F)(F)C(F)(F)[Si](Cl)(Cl)Cl. The number of hydrogen-bond donors (Lipinski definition) is 0. The van der Waals surface area contributed by atoms with Crippen molar-refractivity contribution in [1.82, 2.24) is 0 Å². The summed E-state index contributed by atoms with van der Waals surface area (Å²) in [6, 6.07) is -7.20. The van der Waals surface area contributed by atoms with E-state index < -0.39 is 101 Å². The Kier molecular flexibility index (Phi) is 12.1. The summed E-state index contributed by atoms with van der Waals surface area (Å²) in [5.74, 6) is -136. The molecule has 0 rings (SSSR count). The Balaban J connectivity index is 7.78. The molecule has 0 aromatic carbocycles. The lowest BCUT2D eigenvalue weighted by atomic mass is 9.83. The number of hydrogen-bond acceptors (Lipinski definition) is 0. The largest absolute Gasteiger partial charge is 0.460 e. The van der Waals surface area contributed by atoms with Crippen LogP contribution >= 0.6 is 33.2 Å². The number of alkyl halides is 33. The standard InChI is InChI=1S/C16Cl3F33Si/c17-53(18,19)16(51,52)14(46,47)12(42,43)10(38,39)8(34,35)6(30,31)4(26,27)2(22,23)1(20,21)3(24,25)5(28,29)7(32,33)9(36,37)11(40,41)13(44,45)15(48,49)50. The van der Waals surface area contributed by atoms with Crippen LogP contribution in [0.3, 0.4) is 0 Å². The third kappa shape index (κ3) is 5.93. The van der Waals surface area contributed by atoms with E-state index in [2.05, 4.69) is 33.2 Å². The van der Waals surface area contributed by atoms with Crippen LogP contribution in [0.2, 0.25) is 0 Å². The fourth-order valence-electron chi connectivity index (χ4n) is 2.92. The fourth-order valence-corrected chi connectivity index (χ4v) is 4.50. The van der Waals surface area contributed by atoms with E-state index in [4.69, 9.17) is 0 Å². The summed E-state index contributed by atoms with van der Waals surface area (Å²) in [5, 5.41) is 0. The molecule has 320 valence electrons. The van der Waals surface area contributed by atoms with Gasteiger partial charge in [-0.2, -0.15) is 145 Å². The summed E-state index contributed by atoms with van der Waals surface area (Å²) in [5.41, 5.74) is -7.52. The molecule has 0 N–H and O–H groups in total. The zero-order chi connectivity index (χ0) is 44.5. The molecule has 0 aromatic heterocycles. The molecule has 0 unspecified atom stereocenters. The Bertz CT molecular complexity index is 1250. The second-order valence-electron chi connectivity index (χ2n) is 9.61. The van der Waals surface area contributed by atoms with Crippen molar-refractivity contribution in [3.8, 4) is 0 Å². The van der Waals surface area contributed by atoms with Crippen LogP contribution in [0, 0.1) is 0 Å². The molecule has 0 amide bonds. The second kappa shape index (κ2) is 12.4. The van der Waals surface area contributed by atoms with Crippen molar-refractivity contribution in [2.45, 2.75) is 94.6 Å². The van der Waals surface area contributed by atoms with E-state index in [0.717, 1.165) is 0 Å². The quantitative estimate of drug-likeness (QED) is 0.0872. The lowest BCUT2D eigenvalue weighted by Crippen LogP contribution is -2.80. The van der Waals surface area contributed by atoms with Crippen LogP contribution in [-0.2, 0) is 0 Å². The van der Waals surface area contributed by atoms with Crippen molar-refractivity contribution in [1.29, 1.82) is 0 Å². The lowest BCUT2D eigenvalue weighted by Gasteiger charge is -2.47. The summed E-state index contributed by atoms with van der Waals surface area (Å²) >= 11 is 12.4. The first-order valence-corrected chi connectivity index (χ1v) is 15.8. The third-order valence-corrected chi connectivity index (χ3v) is 9.39. The average molecular weight is 954 g/mol. The first kappa shape index (κ1) is 51.8. The van der Waals surface area contributed by atoms with Crippen molar-refractivity contribution in [3.63, 3.8) is 0 Å². The Morgan fingerprint density at radius 3 is 0.415 bits per heavy atom. The number of halogens is 36. The van der Waals surface area contributed by atoms with Crippen molar-refractivity contribution in [2.24, 2.45) is 0 Å². The van der Waals surface area contributed by atoms with Gasteiger partial charge in [0, 0.05) is 0 Å². The Morgan fingerprint density at radius 2 is 0.302 bits per heavy atom. The van der Waals surface area contributed by atoms with Crippen LogP contribution in [0.25, 0.3) is 0 Å². The first-order chi connectivity index (χ1) is 22.0. The zero-order valence-corrected chi connectivity index (χ0v) is 25.4. The van der Waals surface area contributed by atoms with Crippen LogP contribution < -0.4 is 0 Å². The van der Waals surface area contributed by atoms with Crippen LogP contribution in [-0.4, -0.2) is 101 Å². The van der Waals surface area contributed by atoms with Gasteiger partial charge < -0.3 is 0 Å². The van der Waals surface area contributed by atoms with Crippen LogP contribution in [0.4, 0.5) is 145 Å². The van der Waals surface area contributed by atoms with E-state index in [0.29, 0.717) is 0 Å². The maximum Gasteiger partial charge on any atom is 0.460 e. The Labute approximate surface area is 279 Å². The van der Waals surface area contributed by atoms with E-state index in [1.807, 2.05) is 0 Å². The predicted octanol–water partition coefficient (Wildman–Crippen LogP) is 12.3. The summed E-state index contributed by atoms with van der Waals surface area (Å²) < 4.78 is 444. The zero-order valence-electron chi connectivity index (χ0n) is 22.1. The highest BCUT2D eigenvalue weighted by atomic mass is 35.8. The molecule has 0 aliphatic rings. The minimum Gasteiger partial charge on any atom is -0.200 e. The molecule has 0 aliphatic heterocycles. The maximum absolute atomic E-state index is 13.8. The Morgan fingerprint density at radius 1 is 0.189 bits per heavy atom. The number of rotatable bonds is 15. The molecule has 0 radical (unpaired) electrons. The van der Waals surface area contributed by atoms with Gasteiger partial charge in [-0.05, 0) is 0 Å². The monoisotopic (exact) mass is 952 g/mol. The summed E-state index contributed by atoms with van der Waals surface area (Å²) in [6.07, 6.45) is -8.40. The van der Waals surface area contributed by atoms with E-state index in [1.54, 1.807) is 0 Å². The smallest absolute Gasteiger partial charge is 0.200 e. The molecule has 0 heterocycles. The van der Waals surface area contributed by atoms with Gasteiger partial charge in [-0.25, -0.2) is 0 Å². The van der Waals surface area contributed by atoms with Gasteiger partial charge in [-0.3, -0.25) is 0 Å². The highest BCUT2D eigenvalue weighted by Crippen LogP contribution is 2.70. The molecule has 0 spiro atoms. The molecule has 53 heavy (non-hydrogen) atoms. The van der Waals surface area contributed by atoms with E-state index in [-0.39, 0.29) is 0 Å². The lowest BCUT2D eigenvalue weighted by molar-refractivity contribution is -0.490. The molecule has 0 bridgehead atoms. The summed E-state index contributed by atoms with van der Waals surface area (Å²) in [6.45, 7) is 0. The van der Waals surface area contributed by atoms with Crippen molar-refractivity contribution < 1.29 is 145 Å². The van der Waals surface area contributed by atoms with Gasteiger partial charge in [0.1, 0.15) is 0 Å². The van der Waals surface area contributed by atoms with Crippen molar-refractivity contribution in [3.05, 3.63) is 0 Å². The molecular formula is C16Cl3F33Si. The van der Waals surface area contributed by atoms with Crippen LogP contribution in [0.1, 0.15) is 0 Å². The summed E-state index contributed by atoms with van der Waals surface area (Å²) in [7, 11) is 0. The minimum atomic E-state index is -10.2. The van der Waals surface area contributed by atoms with Crippen LogP contribution in [0.5, 0.6) is 0 Å². The topological polar surface area (TPSA) is 0 Å². The van der Waals surface area contributed by atoms with Crippen molar-refractivity contribution in [2.75, 3.05) is 0 Å². The molecule has 0 aromatic rings. The van der Waals surface area contributed by atoms with Gasteiger partial charge in [0.25, 0.3) is 0 Å². The molecule has 37 heteroatoms. The maximum atomic E-state index is 13.8. The van der Waals surface area contributed by atoms with Gasteiger partial charge in [0.15, 0.2) is 0 Å².